The van der Waals surface area contributed by atoms with Gasteiger partial charge in [0.25, 0.3) is 0 Å². The van der Waals surface area contributed by atoms with Crippen LogP contribution in [0.25, 0.3) is 21.7 Å². The molecule has 3 aromatic rings. The van der Waals surface area contributed by atoms with Crippen LogP contribution in [-0.2, 0) is 11.2 Å². The largest absolute Gasteiger partial charge is 0.304 e. The van der Waals surface area contributed by atoms with E-state index in [1.54, 1.807) is 6.20 Å². The van der Waals surface area contributed by atoms with Gasteiger partial charge >= 0.3 is 0 Å². The first kappa shape index (κ1) is 10.4. The fourth-order valence-corrected chi connectivity index (χ4v) is 2.84. The highest BCUT2D eigenvalue weighted by Crippen LogP contribution is 2.29. The minimum atomic E-state index is 0.121. The predicted octanol–water partition coefficient (Wildman–Crippen LogP) is 2.60. The van der Waals surface area contributed by atoms with Crippen LogP contribution in [0.5, 0.6) is 0 Å². The molecule has 0 fully saturated rings. The Hall–Kier alpha value is -2.49. The van der Waals surface area contributed by atoms with E-state index in [-0.39, 0.29) is 12.2 Å². The Balaban J connectivity index is 2.11. The van der Waals surface area contributed by atoms with E-state index in [0.29, 0.717) is 12.1 Å². The van der Waals surface area contributed by atoms with Crippen LogP contribution >= 0.6 is 0 Å². The topological polar surface area (TPSA) is 69.6 Å². The number of hydrogen-bond donors (Lipinski definition) is 2. The van der Waals surface area contributed by atoms with Crippen LogP contribution < -0.4 is 0 Å². The zero-order valence-electron chi connectivity index (χ0n) is 10.2. The number of benzene rings is 2. The molecule has 4 heteroatoms. The van der Waals surface area contributed by atoms with E-state index in [9.17, 15) is 4.79 Å². The minimum Gasteiger partial charge on any atom is -0.304 e. The van der Waals surface area contributed by atoms with Gasteiger partial charge in [0.2, 0.25) is 0 Å². The van der Waals surface area contributed by atoms with Crippen LogP contribution in [0, 0.1) is 5.41 Å². The van der Waals surface area contributed by atoms with Crippen molar-refractivity contribution in [2.45, 2.75) is 12.8 Å². The lowest BCUT2D eigenvalue weighted by molar-refractivity contribution is -0.117. The summed E-state index contributed by atoms with van der Waals surface area (Å²) >= 11 is 0. The third kappa shape index (κ3) is 1.43. The Kier molecular flexibility index (Phi) is 1.93. The molecule has 1 aliphatic carbocycles. The predicted molar refractivity (Wildman–Crippen MR) is 73.8 cm³/mol. The number of aromatic amines is 1. The SMILES string of the molecule is N=C1CC(=O)Cc2cc3c(ccc4[nH]ncc43)cc21. The first-order valence-electron chi connectivity index (χ1n) is 6.20. The lowest BCUT2D eigenvalue weighted by Gasteiger charge is -2.17. The summed E-state index contributed by atoms with van der Waals surface area (Å²) in [6, 6.07) is 8.08. The van der Waals surface area contributed by atoms with Crippen LogP contribution in [0.15, 0.2) is 30.5 Å². The first-order valence-corrected chi connectivity index (χ1v) is 6.20. The Morgan fingerprint density at radius 3 is 2.95 bits per heavy atom. The average Bonchev–Trinajstić information content (AvgIpc) is 2.85. The third-order valence-electron chi connectivity index (χ3n) is 3.75. The third-order valence-corrected chi connectivity index (χ3v) is 3.75. The summed E-state index contributed by atoms with van der Waals surface area (Å²) in [4.78, 5) is 11.6. The molecule has 0 amide bonds. The fraction of sp³-hybridized carbons (Fsp3) is 0.133. The Bertz CT molecular complexity index is 860. The first-order chi connectivity index (χ1) is 9.22. The van der Waals surface area contributed by atoms with Gasteiger partial charge in [-0.3, -0.25) is 9.89 Å². The number of hydrogen-bond acceptors (Lipinski definition) is 3. The number of Topliss-reactive ketones (excluding diaryl/α,β-unsaturated/α-hetero) is 1. The summed E-state index contributed by atoms with van der Waals surface area (Å²) in [5, 5.41) is 18.2. The molecule has 0 radical (unpaired) electrons. The summed E-state index contributed by atoms with van der Waals surface area (Å²) in [6.07, 6.45) is 2.49. The molecule has 0 aliphatic heterocycles. The molecule has 0 atom stereocenters. The van der Waals surface area contributed by atoms with Crippen LogP contribution in [0.4, 0.5) is 0 Å². The zero-order chi connectivity index (χ0) is 13.0. The number of nitrogens with one attached hydrogen (secondary N) is 2. The van der Waals surface area contributed by atoms with E-state index in [1.807, 2.05) is 24.3 Å². The van der Waals surface area contributed by atoms with Crippen molar-refractivity contribution in [3.63, 3.8) is 0 Å². The Morgan fingerprint density at radius 1 is 1.16 bits per heavy atom. The number of aromatic nitrogens is 2. The van der Waals surface area contributed by atoms with Crippen molar-refractivity contribution in [2.75, 3.05) is 0 Å². The molecule has 0 bridgehead atoms. The Labute approximate surface area is 108 Å². The molecule has 0 saturated carbocycles. The molecule has 4 rings (SSSR count). The molecule has 1 aromatic heterocycles. The molecule has 0 saturated heterocycles. The van der Waals surface area contributed by atoms with E-state index in [0.717, 1.165) is 32.8 Å². The molecule has 0 spiro atoms. The normalized spacial score (nSPS) is 15.2. The second kappa shape index (κ2) is 3.51. The molecular formula is C15H11N3O. The molecule has 19 heavy (non-hydrogen) atoms. The monoisotopic (exact) mass is 249 g/mol. The molecule has 4 nitrogen and oxygen atoms in total. The standard InChI is InChI=1S/C15H11N3O/c16-14-6-10(19)3-9-5-11-8(4-12(9)14)1-2-15-13(11)7-17-18-15/h1-2,4-5,7,16H,3,6H2,(H,17,18). The highest BCUT2D eigenvalue weighted by Gasteiger charge is 2.21. The van der Waals surface area contributed by atoms with Crippen molar-refractivity contribution < 1.29 is 4.79 Å². The van der Waals surface area contributed by atoms with Gasteiger partial charge in [-0.2, -0.15) is 5.10 Å². The van der Waals surface area contributed by atoms with Crippen molar-refractivity contribution in [1.29, 1.82) is 5.41 Å². The molecule has 1 heterocycles. The molecule has 1 aliphatic rings. The van der Waals surface area contributed by atoms with Crippen molar-refractivity contribution >= 4 is 33.2 Å². The zero-order valence-corrected chi connectivity index (χ0v) is 10.2. The number of carbonyl (C=O) groups is 1. The van der Waals surface area contributed by atoms with Gasteiger partial charge in [-0.25, -0.2) is 0 Å². The lowest BCUT2D eigenvalue weighted by Crippen LogP contribution is -2.19. The van der Waals surface area contributed by atoms with Gasteiger partial charge in [0.15, 0.2) is 0 Å². The number of rotatable bonds is 0. The van der Waals surface area contributed by atoms with Crippen LogP contribution in [0.2, 0.25) is 0 Å². The van der Waals surface area contributed by atoms with Gasteiger partial charge in [-0.1, -0.05) is 6.07 Å². The van der Waals surface area contributed by atoms with Crippen molar-refractivity contribution in [3.05, 3.63) is 41.6 Å². The van der Waals surface area contributed by atoms with Gasteiger partial charge in [0.1, 0.15) is 5.78 Å². The summed E-state index contributed by atoms with van der Waals surface area (Å²) < 4.78 is 0. The van der Waals surface area contributed by atoms with E-state index in [1.165, 1.54) is 0 Å². The highest BCUT2D eigenvalue weighted by atomic mass is 16.1. The van der Waals surface area contributed by atoms with Crippen LogP contribution in [0.1, 0.15) is 17.5 Å². The molecular weight excluding hydrogens is 238 g/mol. The van der Waals surface area contributed by atoms with E-state index in [2.05, 4.69) is 10.2 Å². The van der Waals surface area contributed by atoms with Crippen molar-refractivity contribution in [3.8, 4) is 0 Å². The maximum absolute atomic E-state index is 11.6. The molecule has 92 valence electrons. The number of H-pyrrole nitrogens is 1. The van der Waals surface area contributed by atoms with E-state index in [4.69, 9.17) is 5.41 Å². The lowest BCUT2D eigenvalue weighted by atomic mass is 9.87. The second-order valence-electron chi connectivity index (χ2n) is 5.00. The number of carbonyl (C=O) groups excluding carboxylic acids is 1. The molecule has 2 aromatic carbocycles. The van der Waals surface area contributed by atoms with Gasteiger partial charge in [-0.15, -0.1) is 0 Å². The van der Waals surface area contributed by atoms with Crippen LogP contribution in [0.3, 0.4) is 0 Å². The fourth-order valence-electron chi connectivity index (χ4n) is 2.84. The van der Waals surface area contributed by atoms with Gasteiger partial charge in [0, 0.05) is 23.9 Å². The van der Waals surface area contributed by atoms with Crippen molar-refractivity contribution in [1.82, 2.24) is 10.2 Å². The highest BCUT2D eigenvalue weighted by molar-refractivity contribution is 6.17. The maximum Gasteiger partial charge on any atom is 0.143 e. The average molecular weight is 249 g/mol. The Morgan fingerprint density at radius 2 is 2.05 bits per heavy atom. The minimum absolute atomic E-state index is 0.121. The van der Waals surface area contributed by atoms with Crippen LogP contribution in [-0.4, -0.2) is 21.7 Å². The smallest absolute Gasteiger partial charge is 0.143 e. The molecule has 2 N–H and O–H groups in total. The summed E-state index contributed by atoms with van der Waals surface area (Å²) in [6.45, 7) is 0. The number of fused-ring (bicyclic) bond motifs is 4. The van der Waals surface area contributed by atoms with Crippen molar-refractivity contribution in [2.24, 2.45) is 0 Å². The summed E-state index contributed by atoms with van der Waals surface area (Å²) in [7, 11) is 0. The molecule has 0 unspecified atom stereocenters. The van der Waals surface area contributed by atoms with E-state index < -0.39 is 0 Å². The second-order valence-corrected chi connectivity index (χ2v) is 5.00. The van der Waals surface area contributed by atoms with E-state index >= 15 is 0 Å². The quantitative estimate of drug-likeness (QED) is 0.643. The summed E-state index contributed by atoms with van der Waals surface area (Å²) in [5.74, 6) is 0.121. The van der Waals surface area contributed by atoms with Gasteiger partial charge in [0.05, 0.1) is 11.7 Å². The van der Waals surface area contributed by atoms with Gasteiger partial charge < -0.3 is 5.41 Å². The number of ketones is 1. The number of nitrogens with zero attached hydrogens (tertiary/aromatic N) is 1. The maximum atomic E-state index is 11.6. The van der Waals surface area contributed by atoms with Gasteiger partial charge in [-0.05, 0) is 40.1 Å². The summed E-state index contributed by atoms with van der Waals surface area (Å²) in [5.41, 5.74) is 3.29.